The first kappa shape index (κ1) is 17.1. The van der Waals surface area contributed by atoms with Gasteiger partial charge in [-0.1, -0.05) is 17.7 Å². The van der Waals surface area contributed by atoms with Crippen LogP contribution in [0.4, 0.5) is 10.3 Å². The maximum Gasteiger partial charge on any atom is 0.356 e. The van der Waals surface area contributed by atoms with Crippen LogP contribution in [0.15, 0.2) is 24.3 Å². The van der Waals surface area contributed by atoms with Crippen molar-refractivity contribution in [2.75, 3.05) is 19.0 Å². The Labute approximate surface area is 137 Å². The molecule has 0 bridgehead atoms. The molecule has 1 unspecified atom stereocenters. The zero-order valence-electron chi connectivity index (χ0n) is 12.5. The number of hydrogen-bond acceptors (Lipinski definition) is 6. The molecule has 0 fully saturated rings. The van der Waals surface area contributed by atoms with E-state index in [1.807, 2.05) is 0 Å². The number of aryl methyl sites for hydroxylation is 1. The highest BCUT2D eigenvalue weighted by molar-refractivity contribution is 6.30. The number of aliphatic hydroxyl groups excluding tert-OH is 1. The number of nitrogens with one attached hydrogen (secondary N) is 1. The number of nitrogens with zero attached hydrogens (tertiary/aromatic N) is 2. The maximum atomic E-state index is 13.4. The third-order valence-electron chi connectivity index (χ3n) is 3.03. The predicted molar refractivity (Wildman–Crippen MR) is 83.0 cm³/mol. The summed E-state index contributed by atoms with van der Waals surface area (Å²) in [5.74, 6) is -1.03. The van der Waals surface area contributed by atoms with E-state index in [4.69, 9.17) is 11.6 Å². The molecule has 8 heteroatoms. The number of methoxy groups -OCH3 is 1. The van der Waals surface area contributed by atoms with Crippen LogP contribution in [-0.4, -0.2) is 34.7 Å². The average molecular weight is 340 g/mol. The van der Waals surface area contributed by atoms with Gasteiger partial charge in [-0.15, -0.1) is 0 Å². The normalized spacial score (nSPS) is 11.9. The molecule has 0 amide bonds. The van der Waals surface area contributed by atoms with Crippen LogP contribution in [-0.2, 0) is 4.74 Å². The molecule has 0 saturated heterocycles. The van der Waals surface area contributed by atoms with Crippen LogP contribution in [0.5, 0.6) is 0 Å². The lowest BCUT2D eigenvalue weighted by Crippen LogP contribution is -2.16. The van der Waals surface area contributed by atoms with Crippen molar-refractivity contribution in [3.63, 3.8) is 0 Å². The molecule has 0 aliphatic heterocycles. The molecule has 0 aliphatic carbocycles. The number of halogens is 2. The predicted octanol–water partition coefficient (Wildman–Crippen LogP) is 2.51. The van der Waals surface area contributed by atoms with Crippen molar-refractivity contribution in [2.24, 2.45) is 0 Å². The summed E-state index contributed by atoms with van der Waals surface area (Å²) in [5, 5.41) is 12.9. The maximum absolute atomic E-state index is 13.4. The molecule has 23 heavy (non-hydrogen) atoms. The molecule has 2 aromatic rings. The number of carbonyl (C=O) groups is 1. The van der Waals surface area contributed by atoms with Crippen molar-refractivity contribution in [3.05, 3.63) is 52.1 Å². The van der Waals surface area contributed by atoms with Gasteiger partial charge in [0.05, 0.1) is 18.2 Å². The van der Waals surface area contributed by atoms with E-state index in [2.05, 4.69) is 20.0 Å². The minimum absolute atomic E-state index is 0.0151. The number of aliphatic hydroxyl groups is 1. The Morgan fingerprint density at radius 1 is 1.43 bits per heavy atom. The lowest BCUT2D eigenvalue weighted by Gasteiger charge is -2.13. The first-order valence-corrected chi connectivity index (χ1v) is 7.09. The zero-order valence-corrected chi connectivity index (χ0v) is 13.3. The number of carbonyl (C=O) groups excluding carboxylic acids is 1. The van der Waals surface area contributed by atoms with Crippen LogP contribution in [0.3, 0.4) is 0 Å². The third kappa shape index (κ3) is 4.37. The minimum atomic E-state index is -0.993. The van der Waals surface area contributed by atoms with Gasteiger partial charge in [-0.2, -0.15) is 0 Å². The van der Waals surface area contributed by atoms with Crippen LogP contribution in [0.1, 0.15) is 27.8 Å². The fourth-order valence-electron chi connectivity index (χ4n) is 1.88. The number of rotatable bonds is 5. The number of ether oxygens (including phenoxy) is 1. The van der Waals surface area contributed by atoms with Gasteiger partial charge in [0.25, 0.3) is 0 Å². The smallest absolute Gasteiger partial charge is 0.356 e. The fraction of sp³-hybridized carbons (Fsp3) is 0.267. The second-order valence-electron chi connectivity index (χ2n) is 4.78. The third-order valence-corrected chi connectivity index (χ3v) is 3.34. The number of anilines is 1. The summed E-state index contributed by atoms with van der Waals surface area (Å²) in [6.07, 6.45) is -0.993. The van der Waals surface area contributed by atoms with Crippen LogP contribution >= 0.6 is 11.6 Å². The molecule has 1 aromatic carbocycles. The summed E-state index contributed by atoms with van der Waals surface area (Å²) in [6, 6.07) is 5.54. The van der Waals surface area contributed by atoms with Crippen LogP contribution < -0.4 is 5.32 Å². The Morgan fingerprint density at radius 3 is 2.83 bits per heavy atom. The molecule has 122 valence electrons. The Hall–Kier alpha value is -2.25. The van der Waals surface area contributed by atoms with Gasteiger partial charge in [0.2, 0.25) is 5.95 Å². The SMILES string of the molecule is COC(=O)c1cc(C)nc(NCC(O)c2ccc(Cl)c(F)c2)n1. The van der Waals surface area contributed by atoms with Gasteiger partial charge in [-0.05, 0) is 30.7 Å². The number of benzene rings is 1. The molecule has 1 atom stereocenters. The van der Waals surface area contributed by atoms with Crippen molar-refractivity contribution in [3.8, 4) is 0 Å². The second-order valence-corrected chi connectivity index (χ2v) is 5.19. The zero-order chi connectivity index (χ0) is 17.0. The van der Waals surface area contributed by atoms with Crippen LogP contribution in [0, 0.1) is 12.7 Å². The molecule has 2 N–H and O–H groups in total. The average Bonchev–Trinajstić information content (AvgIpc) is 2.53. The Balaban J connectivity index is 2.09. The second kappa shape index (κ2) is 7.34. The molecule has 0 spiro atoms. The van der Waals surface area contributed by atoms with Gasteiger partial charge >= 0.3 is 5.97 Å². The van der Waals surface area contributed by atoms with Crippen LogP contribution in [0.2, 0.25) is 5.02 Å². The largest absolute Gasteiger partial charge is 0.464 e. The van der Waals surface area contributed by atoms with E-state index in [-0.39, 0.29) is 23.2 Å². The summed E-state index contributed by atoms with van der Waals surface area (Å²) in [4.78, 5) is 19.6. The van der Waals surface area contributed by atoms with E-state index in [1.54, 1.807) is 6.92 Å². The Morgan fingerprint density at radius 2 is 2.17 bits per heavy atom. The summed E-state index contributed by atoms with van der Waals surface area (Å²) in [6.45, 7) is 1.73. The van der Waals surface area contributed by atoms with Gasteiger partial charge < -0.3 is 15.2 Å². The molecular weight excluding hydrogens is 325 g/mol. The summed E-state index contributed by atoms with van der Waals surface area (Å²) < 4.78 is 18.0. The first-order valence-electron chi connectivity index (χ1n) is 6.71. The van der Waals surface area contributed by atoms with Crippen molar-refractivity contribution in [2.45, 2.75) is 13.0 Å². The molecule has 0 saturated carbocycles. The minimum Gasteiger partial charge on any atom is -0.464 e. The quantitative estimate of drug-likeness (QED) is 0.814. The summed E-state index contributed by atoms with van der Waals surface area (Å²) in [5.41, 5.74) is 1.03. The molecule has 1 aromatic heterocycles. The topological polar surface area (TPSA) is 84.3 Å². The van der Waals surface area contributed by atoms with Crippen molar-refractivity contribution in [1.29, 1.82) is 0 Å². The van der Waals surface area contributed by atoms with Gasteiger partial charge in [-0.25, -0.2) is 19.2 Å². The van der Waals surface area contributed by atoms with E-state index in [0.29, 0.717) is 11.3 Å². The highest BCUT2D eigenvalue weighted by Crippen LogP contribution is 2.20. The van der Waals surface area contributed by atoms with Gasteiger partial charge in [0.15, 0.2) is 5.69 Å². The van der Waals surface area contributed by atoms with E-state index < -0.39 is 17.9 Å². The number of esters is 1. The Bertz CT molecular complexity index is 727. The van der Waals surface area contributed by atoms with E-state index in [1.165, 1.54) is 25.3 Å². The van der Waals surface area contributed by atoms with Gasteiger partial charge in [0, 0.05) is 12.2 Å². The molecule has 6 nitrogen and oxygen atoms in total. The van der Waals surface area contributed by atoms with Crippen molar-refractivity contribution >= 4 is 23.5 Å². The highest BCUT2D eigenvalue weighted by atomic mass is 35.5. The van der Waals surface area contributed by atoms with Crippen molar-refractivity contribution in [1.82, 2.24) is 9.97 Å². The molecule has 0 aliphatic rings. The summed E-state index contributed by atoms with van der Waals surface area (Å²) in [7, 11) is 1.26. The van der Waals surface area contributed by atoms with E-state index in [9.17, 15) is 14.3 Å². The van der Waals surface area contributed by atoms with Crippen molar-refractivity contribution < 1.29 is 19.0 Å². The van der Waals surface area contributed by atoms with Gasteiger partial charge in [-0.3, -0.25) is 0 Å². The molecular formula is C15H15ClFN3O3. The summed E-state index contributed by atoms with van der Waals surface area (Å²) >= 11 is 5.60. The molecule has 2 rings (SSSR count). The van der Waals surface area contributed by atoms with E-state index >= 15 is 0 Å². The Kier molecular flexibility index (Phi) is 5.46. The van der Waals surface area contributed by atoms with Gasteiger partial charge in [0.1, 0.15) is 5.82 Å². The lowest BCUT2D eigenvalue weighted by atomic mass is 10.1. The van der Waals surface area contributed by atoms with E-state index in [0.717, 1.165) is 6.07 Å². The molecule has 0 radical (unpaired) electrons. The monoisotopic (exact) mass is 339 g/mol. The number of hydrogen-bond donors (Lipinski definition) is 2. The first-order chi connectivity index (χ1) is 10.9. The number of aromatic nitrogens is 2. The standard InChI is InChI=1S/C15H15ClFN3O3/c1-8-5-12(14(22)23-2)20-15(19-8)18-7-13(21)9-3-4-10(16)11(17)6-9/h3-6,13,21H,7H2,1-2H3,(H,18,19,20). The fourth-order valence-corrected chi connectivity index (χ4v) is 2.00. The van der Waals surface area contributed by atoms with Crippen LogP contribution in [0.25, 0.3) is 0 Å². The lowest BCUT2D eigenvalue weighted by molar-refractivity contribution is 0.0594. The highest BCUT2D eigenvalue weighted by Gasteiger charge is 2.13. The molecule has 1 heterocycles.